The molecular weight excluding hydrogens is 186 g/mol. The summed E-state index contributed by atoms with van der Waals surface area (Å²) >= 11 is 0. The number of aromatic nitrogens is 2. The monoisotopic (exact) mass is 199 g/mol. The van der Waals surface area contributed by atoms with Crippen LogP contribution in [0.1, 0.15) is 19.7 Å². The SMILES string of the molecule is CC(C)OC(=O)CNCc1ncon1. The summed E-state index contributed by atoms with van der Waals surface area (Å²) in [4.78, 5) is 14.8. The number of hydrogen-bond acceptors (Lipinski definition) is 6. The molecule has 1 aromatic heterocycles. The Morgan fingerprint density at radius 3 is 3.07 bits per heavy atom. The summed E-state index contributed by atoms with van der Waals surface area (Å²) in [5, 5.41) is 6.41. The molecule has 0 aliphatic carbocycles. The molecule has 0 amide bonds. The van der Waals surface area contributed by atoms with E-state index in [2.05, 4.69) is 20.0 Å². The average Bonchev–Trinajstić information content (AvgIpc) is 2.55. The minimum Gasteiger partial charge on any atom is -0.462 e. The zero-order valence-corrected chi connectivity index (χ0v) is 8.19. The number of carbonyl (C=O) groups is 1. The van der Waals surface area contributed by atoms with Gasteiger partial charge in [-0.15, -0.1) is 0 Å². The van der Waals surface area contributed by atoms with Gasteiger partial charge >= 0.3 is 5.97 Å². The highest BCUT2D eigenvalue weighted by atomic mass is 16.5. The van der Waals surface area contributed by atoms with Crippen molar-refractivity contribution in [3.63, 3.8) is 0 Å². The maximum absolute atomic E-state index is 11.0. The van der Waals surface area contributed by atoms with E-state index in [0.717, 1.165) is 0 Å². The van der Waals surface area contributed by atoms with Gasteiger partial charge in [0.1, 0.15) is 0 Å². The Morgan fingerprint density at radius 1 is 1.71 bits per heavy atom. The first-order valence-corrected chi connectivity index (χ1v) is 4.34. The largest absolute Gasteiger partial charge is 0.462 e. The molecule has 0 fully saturated rings. The van der Waals surface area contributed by atoms with Crippen LogP contribution < -0.4 is 5.32 Å². The fourth-order valence-corrected chi connectivity index (χ4v) is 0.851. The lowest BCUT2D eigenvalue weighted by Crippen LogP contribution is -2.26. The van der Waals surface area contributed by atoms with E-state index >= 15 is 0 Å². The van der Waals surface area contributed by atoms with E-state index in [1.165, 1.54) is 6.39 Å². The van der Waals surface area contributed by atoms with Crippen LogP contribution >= 0.6 is 0 Å². The Labute approximate surface area is 81.6 Å². The van der Waals surface area contributed by atoms with Gasteiger partial charge in [-0.05, 0) is 13.8 Å². The fraction of sp³-hybridized carbons (Fsp3) is 0.625. The summed E-state index contributed by atoms with van der Waals surface area (Å²) in [6.07, 6.45) is 1.15. The Balaban J connectivity index is 2.12. The Morgan fingerprint density at radius 2 is 2.50 bits per heavy atom. The molecule has 0 aliphatic rings. The van der Waals surface area contributed by atoms with E-state index in [4.69, 9.17) is 4.74 Å². The third-order valence-electron chi connectivity index (χ3n) is 1.33. The smallest absolute Gasteiger partial charge is 0.320 e. The highest BCUT2D eigenvalue weighted by molar-refractivity contribution is 5.71. The van der Waals surface area contributed by atoms with Crippen LogP contribution in [0.4, 0.5) is 0 Å². The molecule has 0 bridgehead atoms. The molecule has 0 atom stereocenters. The molecule has 14 heavy (non-hydrogen) atoms. The minimum absolute atomic E-state index is 0.0884. The molecule has 0 saturated carbocycles. The number of ether oxygens (including phenoxy) is 1. The van der Waals surface area contributed by atoms with Gasteiger partial charge in [-0.25, -0.2) is 0 Å². The summed E-state index contributed by atoms with van der Waals surface area (Å²) in [5.74, 6) is 0.228. The number of nitrogens with one attached hydrogen (secondary N) is 1. The van der Waals surface area contributed by atoms with Gasteiger partial charge in [-0.1, -0.05) is 5.16 Å². The van der Waals surface area contributed by atoms with E-state index in [1.54, 1.807) is 13.8 Å². The van der Waals surface area contributed by atoms with Crippen LogP contribution in [0.5, 0.6) is 0 Å². The molecule has 0 saturated heterocycles. The maximum Gasteiger partial charge on any atom is 0.320 e. The Kier molecular flexibility index (Phi) is 4.06. The summed E-state index contributed by atoms with van der Waals surface area (Å²) in [6.45, 7) is 4.14. The molecule has 1 N–H and O–H groups in total. The molecule has 6 heteroatoms. The van der Waals surface area contributed by atoms with Crippen molar-refractivity contribution in [1.82, 2.24) is 15.5 Å². The van der Waals surface area contributed by atoms with Crippen LogP contribution in [-0.2, 0) is 16.1 Å². The van der Waals surface area contributed by atoms with Crippen molar-refractivity contribution in [2.24, 2.45) is 0 Å². The lowest BCUT2D eigenvalue weighted by Gasteiger charge is -2.07. The number of carbonyl (C=O) groups excluding carboxylic acids is 1. The first-order valence-electron chi connectivity index (χ1n) is 4.34. The number of esters is 1. The van der Waals surface area contributed by atoms with Crippen molar-refractivity contribution in [3.05, 3.63) is 12.2 Å². The summed E-state index contributed by atoms with van der Waals surface area (Å²) in [6, 6.07) is 0. The lowest BCUT2D eigenvalue weighted by molar-refractivity contribution is -0.146. The predicted octanol–water partition coefficient (Wildman–Crippen LogP) is 0.111. The van der Waals surface area contributed by atoms with E-state index in [-0.39, 0.29) is 18.6 Å². The van der Waals surface area contributed by atoms with Crippen molar-refractivity contribution in [1.29, 1.82) is 0 Å². The molecule has 0 radical (unpaired) electrons. The minimum atomic E-state index is -0.288. The summed E-state index contributed by atoms with van der Waals surface area (Å²) in [7, 11) is 0. The summed E-state index contributed by atoms with van der Waals surface area (Å²) < 4.78 is 9.42. The van der Waals surface area contributed by atoms with Gasteiger partial charge in [0.25, 0.3) is 0 Å². The highest BCUT2D eigenvalue weighted by Crippen LogP contribution is 1.89. The van der Waals surface area contributed by atoms with Crippen LogP contribution in [0.2, 0.25) is 0 Å². The van der Waals surface area contributed by atoms with Gasteiger partial charge in [0, 0.05) is 0 Å². The third kappa shape index (κ3) is 3.99. The molecule has 0 aliphatic heterocycles. The standard InChI is InChI=1S/C8H13N3O3/c1-6(2)14-8(12)4-9-3-7-10-5-13-11-7/h5-6,9H,3-4H2,1-2H3. The van der Waals surface area contributed by atoms with Crippen LogP contribution in [0.15, 0.2) is 10.9 Å². The third-order valence-corrected chi connectivity index (χ3v) is 1.33. The van der Waals surface area contributed by atoms with Gasteiger partial charge in [0.15, 0.2) is 5.82 Å². The van der Waals surface area contributed by atoms with E-state index < -0.39 is 0 Å². The molecule has 0 unspecified atom stereocenters. The zero-order valence-electron chi connectivity index (χ0n) is 8.19. The second kappa shape index (κ2) is 5.33. The van der Waals surface area contributed by atoms with Crippen molar-refractivity contribution < 1.29 is 14.1 Å². The Bertz CT molecular complexity index is 271. The van der Waals surface area contributed by atoms with E-state index in [0.29, 0.717) is 12.4 Å². The van der Waals surface area contributed by atoms with Crippen LogP contribution in [0.25, 0.3) is 0 Å². The topological polar surface area (TPSA) is 77.2 Å². The highest BCUT2D eigenvalue weighted by Gasteiger charge is 2.05. The van der Waals surface area contributed by atoms with Crippen molar-refractivity contribution >= 4 is 5.97 Å². The molecule has 0 aromatic carbocycles. The second-order valence-corrected chi connectivity index (χ2v) is 2.99. The van der Waals surface area contributed by atoms with E-state index in [1.807, 2.05) is 0 Å². The van der Waals surface area contributed by atoms with E-state index in [9.17, 15) is 4.79 Å². The van der Waals surface area contributed by atoms with Gasteiger partial charge in [-0.3, -0.25) is 10.1 Å². The van der Waals surface area contributed by atoms with Crippen LogP contribution in [0.3, 0.4) is 0 Å². The molecule has 1 rings (SSSR count). The first-order chi connectivity index (χ1) is 6.68. The predicted molar refractivity (Wildman–Crippen MR) is 47.2 cm³/mol. The van der Waals surface area contributed by atoms with Gasteiger partial charge < -0.3 is 9.26 Å². The number of rotatable bonds is 5. The van der Waals surface area contributed by atoms with Gasteiger partial charge in [-0.2, -0.15) is 4.98 Å². The summed E-state index contributed by atoms with van der Waals surface area (Å²) in [5.41, 5.74) is 0. The molecule has 1 heterocycles. The first kappa shape index (κ1) is 10.6. The zero-order chi connectivity index (χ0) is 10.4. The maximum atomic E-state index is 11.0. The van der Waals surface area contributed by atoms with Crippen molar-refractivity contribution in [2.75, 3.05) is 6.54 Å². The number of hydrogen-bond donors (Lipinski definition) is 1. The quantitative estimate of drug-likeness (QED) is 0.678. The van der Waals surface area contributed by atoms with Crippen molar-refractivity contribution in [2.45, 2.75) is 26.5 Å². The van der Waals surface area contributed by atoms with Crippen LogP contribution in [0, 0.1) is 0 Å². The average molecular weight is 199 g/mol. The van der Waals surface area contributed by atoms with Gasteiger partial charge in [0.2, 0.25) is 6.39 Å². The van der Waals surface area contributed by atoms with Gasteiger partial charge in [0.05, 0.1) is 19.2 Å². The van der Waals surface area contributed by atoms with Crippen molar-refractivity contribution in [3.8, 4) is 0 Å². The molecular formula is C8H13N3O3. The number of nitrogens with zero attached hydrogens (tertiary/aromatic N) is 2. The Hall–Kier alpha value is -1.43. The fourth-order valence-electron chi connectivity index (χ4n) is 0.851. The lowest BCUT2D eigenvalue weighted by atomic mass is 10.5. The molecule has 78 valence electrons. The molecule has 0 spiro atoms. The normalized spacial score (nSPS) is 10.5. The second-order valence-electron chi connectivity index (χ2n) is 2.99. The molecule has 1 aromatic rings. The van der Waals surface area contributed by atoms with Crippen LogP contribution in [-0.4, -0.2) is 28.8 Å². The molecule has 6 nitrogen and oxygen atoms in total.